The van der Waals surface area contributed by atoms with Crippen molar-refractivity contribution in [2.75, 3.05) is 11.9 Å². The lowest BCUT2D eigenvalue weighted by atomic mass is 10.1. The average molecular weight is 420 g/mol. The van der Waals surface area contributed by atoms with E-state index in [1.165, 1.54) is 0 Å². The van der Waals surface area contributed by atoms with Gasteiger partial charge in [0.2, 0.25) is 0 Å². The molecular weight excluding hydrogens is 398 g/mol. The molecule has 2 aromatic carbocycles. The Kier molecular flexibility index (Phi) is 6.96. The molecule has 148 valence electrons. The minimum atomic E-state index is -0.620. The smallest absolute Gasteiger partial charge is 0.288 e. The Hall–Kier alpha value is -2.06. The van der Waals surface area contributed by atoms with Crippen LogP contribution < -0.4 is 16.0 Å². The zero-order valence-corrected chi connectivity index (χ0v) is 16.9. The number of thioether (sulfide) groups is 1. The van der Waals surface area contributed by atoms with Crippen LogP contribution in [0, 0.1) is 0 Å². The molecule has 1 heterocycles. The molecule has 0 aliphatic carbocycles. The number of carbonyl (C=O) groups is 2. The number of benzene rings is 2. The Bertz CT molecular complexity index is 847. The van der Waals surface area contributed by atoms with E-state index in [-0.39, 0.29) is 17.2 Å². The predicted molar refractivity (Wildman–Crippen MR) is 113 cm³/mol. The van der Waals surface area contributed by atoms with E-state index in [0.29, 0.717) is 11.6 Å². The molecule has 0 aromatic heterocycles. The number of halogens is 1. The van der Waals surface area contributed by atoms with E-state index in [1.807, 2.05) is 36.4 Å². The number of aliphatic hydroxyl groups is 1. The molecule has 8 heteroatoms. The summed E-state index contributed by atoms with van der Waals surface area (Å²) in [6.45, 7) is 2.49. The van der Waals surface area contributed by atoms with Gasteiger partial charge in [-0.1, -0.05) is 35.9 Å². The molecule has 6 nitrogen and oxygen atoms in total. The van der Waals surface area contributed by atoms with E-state index < -0.39 is 11.5 Å². The van der Waals surface area contributed by atoms with Gasteiger partial charge in [-0.15, -0.1) is 0 Å². The molecule has 0 saturated carbocycles. The number of aliphatic hydroxyl groups excluding tert-OH is 1. The molecule has 0 bridgehead atoms. The Morgan fingerprint density at radius 1 is 1.21 bits per heavy atom. The van der Waals surface area contributed by atoms with Gasteiger partial charge < -0.3 is 15.7 Å². The minimum Gasteiger partial charge on any atom is -0.387 e. The van der Waals surface area contributed by atoms with Gasteiger partial charge in [-0.3, -0.25) is 14.9 Å². The van der Waals surface area contributed by atoms with Crippen molar-refractivity contribution in [2.24, 2.45) is 0 Å². The lowest BCUT2D eigenvalue weighted by Crippen LogP contribution is -2.32. The number of hydrogen-bond donors (Lipinski definition) is 4. The van der Waals surface area contributed by atoms with Gasteiger partial charge in [0.15, 0.2) is 5.37 Å². The summed E-state index contributed by atoms with van der Waals surface area (Å²) in [5.74, 6) is -0.324. The van der Waals surface area contributed by atoms with Crippen LogP contribution in [0.5, 0.6) is 0 Å². The third kappa shape index (κ3) is 5.72. The molecule has 1 unspecified atom stereocenters. The van der Waals surface area contributed by atoms with Crippen LogP contribution in [0.1, 0.15) is 24.2 Å². The molecular formula is C20H22ClN3O3S. The van der Waals surface area contributed by atoms with Crippen molar-refractivity contribution in [2.45, 2.75) is 30.9 Å². The third-order valence-electron chi connectivity index (χ3n) is 4.37. The average Bonchev–Trinajstić information content (AvgIpc) is 2.98. The summed E-state index contributed by atoms with van der Waals surface area (Å²) >= 11 is 6.90. The van der Waals surface area contributed by atoms with Gasteiger partial charge in [-0.25, -0.2) is 0 Å². The van der Waals surface area contributed by atoms with Crippen LogP contribution in [0.4, 0.5) is 10.5 Å². The highest BCUT2D eigenvalue weighted by Gasteiger charge is 2.31. The fourth-order valence-corrected chi connectivity index (χ4v) is 3.84. The Morgan fingerprint density at radius 2 is 1.96 bits per heavy atom. The van der Waals surface area contributed by atoms with Crippen LogP contribution in [-0.2, 0) is 11.2 Å². The zero-order chi connectivity index (χ0) is 20.1. The first-order valence-corrected chi connectivity index (χ1v) is 10.2. The summed E-state index contributed by atoms with van der Waals surface area (Å²) in [5.41, 5.74) is 2.69. The SMILES string of the molecule is CC(Cc1ccc(N[C@@H]2SC(=O)NC2=O)cc1)NC[C@H](O)c1cccc(Cl)c1. The largest absolute Gasteiger partial charge is 0.387 e. The molecule has 2 amide bonds. The molecule has 2 aromatic rings. The molecule has 1 fully saturated rings. The first-order chi connectivity index (χ1) is 13.4. The molecule has 28 heavy (non-hydrogen) atoms. The topological polar surface area (TPSA) is 90.5 Å². The molecule has 3 atom stereocenters. The molecule has 0 radical (unpaired) electrons. The zero-order valence-electron chi connectivity index (χ0n) is 15.3. The quantitative estimate of drug-likeness (QED) is 0.524. The van der Waals surface area contributed by atoms with Gasteiger partial charge in [-0.05, 0) is 60.5 Å². The Balaban J connectivity index is 1.47. The van der Waals surface area contributed by atoms with E-state index >= 15 is 0 Å². The fraction of sp³-hybridized carbons (Fsp3) is 0.300. The van der Waals surface area contributed by atoms with E-state index in [0.717, 1.165) is 35.0 Å². The number of amides is 2. The minimum absolute atomic E-state index is 0.168. The number of rotatable bonds is 8. The van der Waals surface area contributed by atoms with Crippen molar-refractivity contribution < 1.29 is 14.7 Å². The summed E-state index contributed by atoms with van der Waals surface area (Å²) in [6, 6.07) is 15.1. The summed E-state index contributed by atoms with van der Waals surface area (Å²) in [5, 5.41) is 18.6. The van der Waals surface area contributed by atoms with Crippen molar-refractivity contribution in [3.63, 3.8) is 0 Å². The van der Waals surface area contributed by atoms with E-state index in [4.69, 9.17) is 11.6 Å². The molecule has 1 saturated heterocycles. The molecule has 1 aliphatic heterocycles. The maximum atomic E-state index is 11.6. The molecule has 3 rings (SSSR count). The second-order valence-corrected chi connectivity index (χ2v) is 8.21. The maximum absolute atomic E-state index is 11.6. The van der Waals surface area contributed by atoms with Crippen molar-refractivity contribution in [1.82, 2.24) is 10.6 Å². The van der Waals surface area contributed by atoms with Gasteiger partial charge in [0, 0.05) is 23.3 Å². The van der Waals surface area contributed by atoms with Crippen LogP contribution in [0.25, 0.3) is 0 Å². The Labute approximate surface area is 173 Å². The normalized spacial score (nSPS) is 18.6. The van der Waals surface area contributed by atoms with Gasteiger partial charge >= 0.3 is 0 Å². The summed E-state index contributed by atoms with van der Waals surface area (Å²) in [7, 11) is 0. The fourth-order valence-electron chi connectivity index (χ4n) is 2.91. The summed E-state index contributed by atoms with van der Waals surface area (Å²) in [6.07, 6.45) is 0.171. The lowest BCUT2D eigenvalue weighted by Gasteiger charge is -2.18. The van der Waals surface area contributed by atoms with Crippen LogP contribution >= 0.6 is 23.4 Å². The number of hydrogen-bond acceptors (Lipinski definition) is 6. The molecule has 4 N–H and O–H groups in total. The van der Waals surface area contributed by atoms with Gasteiger partial charge in [0.25, 0.3) is 11.1 Å². The first-order valence-electron chi connectivity index (χ1n) is 8.94. The number of carbonyl (C=O) groups excluding carboxylic acids is 2. The van der Waals surface area contributed by atoms with Gasteiger partial charge in [0.1, 0.15) is 0 Å². The molecule has 1 aliphatic rings. The highest BCUT2D eigenvalue weighted by Crippen LogP contribution is 2.22. The van der Waals surface area contributed by atoms with Crippen molar-refractivity contribution in [3.8, 4) is 0 Å². The second kappa shape index (κ2) is 9.43. The van der Waals surface area contributed by atoms with Gasteiger partial charge in [-0.2, -0.15) is 0 Å². The third-order valence-corrected chi connectivity index (χ3v) is 5.49. The van der Waals surface area contributed by atoms with Crippen LogP contribution in [-0.4, -0.2) is 34.2 Å². The van der Waals surface area contributed by atoms with Crippen molar-refractivity contribution in [1.29, 1.82) is 0 Å². The van der Waals surface area contributed by atoms with Crippen LogP contribution in [0.15, 0.2) is 48.5 Å². The second-order valence-electron chi connectivity index (χ2n) is 6.70. The lowest BCUT2D eigenvalue weighted by molar-refractivity contribution is -0.118. The number of imide groups is 1. The van der Waals surface area contributed by atoms with Crippen molar-refractivity contribution in [3.05, 3.63) is 64.7 Å². The monoisotopic (exact) mass is 419 g/mol. The number of nitrogens with one attached hydrogen (secondary N) is 3. The maximum Gasteiger partial charge on any atom is 0.288 e. The highest BCUT2D eigenvalue weighted by atomic mass is 35.5. The Morgan fingerprint density at radius 3 is 2.61 bits per heavy atom. The van der Waals surface area contributed by atoms with Gasteiger partial charge in [0.05, 0.1) is 6.10 Å². The van der Waals surface area contributed by atoms with Crippen LogP contribution in [0.3, 0.4) is 0 Å². The van der Waals surface area contributed by atoms with E-state index in [1.54, 1.807) is 12.1 Å². The standard InChI is InChI=1S/C20H22ClN3O3S/c1-12(22-11-17(25)14-3-2-4-15(21)10-14)9-13-5-7-16(8-6-13)23-19-18(26)24-20(27)28-19/h2-8,10,12,17,19,22-23,25H,9,11H2,1H3,(H,24,26,27)/t12?,17-,19+/m0/s1. The summed E-state index contributed by atoms with van der Waals surface area (Å²) < 4.78 is 0. The van der Waals surface area contributed by atoms with E-state index in [2.05, 4.69) is 22.9 Å². The number of anilines is 1. The van der Waals surface area contributed by atoms with E-state index in [9.17, 15) is 14.7 Å². The van der Waals surface area contributed by atoms with Crippen molar-refractivity contribution >= 4 is 40.2 Å². The summed E-state index contributed by atoms with van der Waals surface area (Å²) in [4.78, 5) is 22.8. The molecule has 0 spiro atoms. The highest BCUT2D eigenvalue weighted by molar-refractivity contribution is 8.15. The first kappa shape index (κ1) is 20.7. The van der Waals surface area contributed by atoms with Crippen LogP contribution in [0.2, 0.25) is 5.02 Å². The predicted octanol–water partition coefficient (Wildman–Crippen LogP) is 3.32.